The third-order valence-electron chi connectivity index (χ3n) is 1.91. The van der Waals surface area contributed by atoms with E-state index < -0.39 is 0 Å². The highest BCUT2D eigenvalue weighted by molar-refractivity contribution is 5.33. The summed E-state index contributed by atoms with van der Waals surface area (Å²) in [4.78, 5) is 0. The number of aryl methyl sites for hydroxylation is 2. The van der Waals surface area contributed by atoms with Crippen LogP contribution in [-0.2, 0) is 6.42 Å². The highest BCUT2D eigenvalue weighted by Crippen LogP contribution is 2.16. The van der Waals surface area contributed by atoms with Crippen LogP contribution in [0.5, 0.6) is 0 Å². The molecule has 0 aliphatic heterocycles. The lowest BCUT2D eigenvalue weighted by Crippen LogP contribution is -1.93. The summed E-state index contributed by atoms with van der Waals surface area (Å²) in [6.45, 7) is 7.42. The fourth-order valence-electron chi connectivity index (χ4n) is 1.35. The SMILES string of the molecule is C=CCc1c(C)cc(C)cc1F. The molecule has 0 fully saturated rings. The van der Waals surface area contributed by atoms with Gasteiger partial charge in [0.05, 0.1) is 0 Å². The maximum atomic E-state index is 13.3. The smallest absolute Gasteiger partial charge is 0.127 e. The first-order valence-electron chi connectivity index (χ1n) is 4.01. The Balaban J connectivity index is 3.18. The number of allylic oxidation sites excluding steroid dienone is 1. The van der Waals surface area contributed by atoms with Gasteiger partial charge in [0.2, 0.25) is 0 Å². The van der Waals surface area contributed by atoms with Gasteiger partial charge in [-0.1, -0.05) is 12.1 Å². The van der Waals surface area contributed by atoms with E-state index in [1.54, 1.807) is 12.1 Å². The van der Waals surface area contributed by atoms with E-state index in [-0.39, 0.29) is 5.82 Å². The molecule has 1 aromatic carbocycles. The Morgan fingerprint density at radius 2 is 2.08 bits per heavy atom. The van der Waals surface area contributed by atoms with Gasteiger partial charge >= 0.3 is 0 Å². The highest BCUT2D eigenvalue weighted by Gasteiger charge is 2.03. The van der Waals surface area contributed by atoms with E-state index in [4.69, 9.17) is 0 Å². The van der Waals surface area contributed by atoms with Gasteiger partial charge in [0.25, 0.3) is 0 Å². The number of benzene rings is 1. The van der Waals surface area contributed by atoms with Gasteiger partial charge in [-0.25, -0.2) is 4.39 Å². The molecule has 0 saturated carbocycles. The first-order valence-corrected chi connectivity index (χ1v) is 4.01. The number of hydrogen-bond donors (Lipinski definition) is 0. The van der Waals surface area contributed by atoms with Crippen LogP contribution in [0.25, 0.3) is 0 Å². The fourth-order valence-corrected chi connectivity index (χ4v) is 1.35. The number of rotatable bonds is 2. The Hall–Kier alpha value is -1.11. The molecule has 0 heterocycles. The predicted molar refractivity (Wildman–Crippen MR) is 49.8 cm³/mol. The van der Waals surface area contributed by atoms with Crippen molar-refractivity contribution in [2.45, 2.75) is 20.3 Å². The summed E-state index contributed by atoms with van der Waals surface area (Å²) in [7, 11) is 0. The quantitative estimate of drug-likeness (QED) is 0.589. The van der Waals surface area contributed by atoms with E-state index in [9.17, 15) is 4.39 Å². The van der Waals surface area contributed by atoms with E-state index in [0.29, 0.717) is 6.42 Å². The van der Waals surface area contributed by atoms with Crippen molar-refractivity contribution in [2.24, 2.45) is 0 Å². The van der Waals surface area contributed by atoms with Gasteiger partial charge in [-0.15, -0.1) is 6.58 Å². The molecule has 0 atom stereocenters. The second-order valence-electron chi connectivity index (χ2n) is 3.03. The highest BCUT2D eigenvalue weighted by atomic mass is 19.1. The minimum absolute atomic E-state index is 0.118. The van der Waals surface area contributed by atoms with Crippen LogP contribution in [0.3, 0.4) is 0 Å². The minimum atomic E-state index is -0.118. The lowest BCUT2D eigenvalue weighted by molar-refractivity contribution is 0.612. The summed E-state index contributed by atoms with van der Waals surface area (Å²) < 4.78 is 13.3. The van der Waals surface area contributed by atoms with Crippen LogP contribution in [0.4, 0.5) is 4.39 Å². The molecular formula is C11H13F. The Morgan fingerprint density at radius 3 is 2.58 bits per heavy atom. The zero-order chi connectivity index (χ0) is 9.14. The van der Waals surface area contributed by atoms with Crippen molar-refractivity contribution in [1.82, 2.24) is 0 Å². The van der Waals surface area contributed by atoms with Crippen LogP contribution in [0.15, 0.2) is 24.8 Å². The molecule has 0 aliphatic rings. The van der Waals surface area contributed by atoms with Crippen molar-refractivity contribution >= 4 is 0 Å². The first kappa shape index (κ1) is 8.98. The van der Waals surface area contributed by atoms with Crippen molar-refractivity contribution in [3.05, 3.63) is 47.3 Å². The van der Waals surface area contributed by atoms with Gasteiger partial charge < -0.3 is 0 Å². The molecule has 0 unspecified atom stereocenters. The van der Waals surface area contributed by atoms with Crippen molar-refractivity contribution in [1.29, 1.82) is 0 Å². The standard InChI is InChI=1S/C11H13F/c1-4-5-10-9(3)6-8(2)7-11(10)12/h4,6-7H,1,5H2,2-3H3. The molecule has 0 amide bonds. The minimum Gasteiger partial charge on any atom is -0.207 e. The molecule has 1 heteroatoms. The topological polar surface area (TPSA) is 0 Å². The molecule has 12 heavy (non-hydrogen) atoms. The van der Waals surface area contributed by atoms with E-state index >= 15 is 0 Å². The maximum absolute atomic E-state index is 13.3. The Morgan fingerprint density at radius 1 is 1.42 bits per heavy atom. The molecule has 1 aromatic rings. The number of halogens is 1. The molecule has 0 radical (unpaired) electrons. The van der Waals surface area contributed by atoms with Crippen LogP contribution < -0.4 is 0 Å². The van der Waals surface area contributed by atoms with Gasteiger partial charge in [-0.05, 0) is 43.0 Å². The molecular weight excluding hydrogens is 151 g/mol. The third-order valence-corrected chi connectivity index (χ3v) is 1.91. The van der Waals surface area contributed by atoms with Crippen molar-refractivity contribution in [3.8, 4) is 0 Å². The molecule has 0 aliphatic carbocycles. The maximum Gasteiger partial charge on any atom is 0.127 e. The van der Waals surface area contributed by atoms with Gasteiger partial charge in [0, 0.05) is 0 Å². The summed E-state index contributed by atoms with van der Waals surface area (Å²) in [5.74, 6) is -0.118. The Bertz CT molecular complexity index is 277. The summed E-state index contributed by atoms with van der Waals surface area (Å²) in [5.41, 5.74) is 2.74. The second-order valence-corrected chi connectivity index (χ2v) is 3.03. The summed E-state index contributed by atoms with van der Waals surface area (Å²) in [6.07, 6.45) is 2.33. The largest absolute Gasteiger partial charge is 0.207 e. The molecule has 1 rings (SSSR count). The third kappa shape index (κ3) is 1.73. The lowest BCUT2D eigenvalue weighted by Gasteiger charge is -2.05. The van der Waals surface area contributed by atoms with E-state index in [2.05, 4.69) is 6.58 Å². The molecule has 0 saturated heterocycles. The summed E-state index contributed by atoms with van der Waals surface area (Å²) in [6, 6.07) is 3.55. The lowest BCUT2D eigenvalue weighted by atomic mass is 10.0. The molecule has 0 nitrogen and oxygen atoms in total. The predicted octanol–water partition coefficient (Wildman–Crippen LogP) is 3.17. The van der Waals surface area contributed by atoms with Crippen molar-refractivity contribution in [2.75, 3.05) is 0 Å². The van der Waals surface area contributed by atoms with E-state index in [1.165, 1.54) is 0 Å². The molecule has 64 valence electrons. The zero-order valence-electron chi connectivity index (χ0n) is 7.52. The van der Waals surface area contributed by atoms with Gasteiger partial charge in [0.1, 0.15) is 5.82 Å². The van der Waals surface area contributed by atoms with E-state index in [1.807, 2.05) is 19.9 Å². The molecule has 0 N–H and O–H groups in total. The second kappa shape index (κ2) is 3.53. The Labute approximate surface area is 72.7 Å². The van der Waals surface area contributed by atoms with E-state index in [0.717, 1.165) is 16.7 Å². The molecule has 0 bridgehead atoms. The average Bonchev–Trinajstić information content (AvgIpc) is 1.96. The van der Waals surface area contributed by atoms with Gasteiger partial charge in [-0.3, -0.25) is 0 Å². The average molecular weight is 164 g/mol. The fraction of sp³-hybridized carbons (Fsp3) is 0.273. The van der Waals surface area contributed by atoms with Crippen LogP contribution >= 0.6 is 0 Å². The van der Waals surface area contributed by atoms with Crippen molar-refractivity contribution < 1.29 is 4.39 Å². The summed E-state index contributed by atoms with van der Waals surface area (Å²) in [5, 5.41) is 0. The zero-order valence-corrected chi connectivity index (χ0v) is 7.52. The van der Waals surface area contributed by atoms with Gasteiger partial charge in [0.15, 0.2) is 0 Å². The van der Waals surface area contributed by atoms with Crippen LogP contribution in [0, 0.1) is 19.7 Å². The molecule has 0 spiro atoms. The van der Waals surface area contributed by atoms with Gasteiger partial charge in [-0.2, -0.15) is 0 Å². The monoisotopic (exact) mass is 164 g/mol. The van der Waals surface area contributed by atoms with Crippen LogP contribution in [0.1, 0.15) is 16.7 Å². The van der Waals surface area contributed by atoms with Crippen LogP contribution in [0.2, 0.25) is 0 Å². The van der Waals surface area contributed by atoms with Crippen molar-refractivity contribution in [3.63, 3.8) is 0 Å². The molecule has 0 aromatic heterocycles. The first-order chi connectivity index (χ1) is 5.65. The van der Waals surface area contributed by atoms with Crippen LogP contribution in [-0.4, -0.2) is 0 Å². The normalized spacial score (nSPS) is 9.92. The summed E-state index contributed by atoms with van der Waals surface area (Å²) >= 11 is 0. The Kier molecular flexibility index (Phi) is 2.64. The number of hydrogen-bond acceptors (Lipinski definition) is 0.